The Morgan fingerprint density at radius 2 is 1.86 bits per heavy atom. The quantitative estimate of drug-likeness (QED) is 0.681. The van der Waals surface area contributed by atoms with E-state index in [0.29, 0.717) is 0 Å². The Balaban J connectivity index is 1.28. The molecular weight excluding hydrogens is 350 g/mol. The zero-order valence-corrected chi connectivity index (χ0v) is 16.8. The molecule has 0 saturated carbocycles. The standard InChI is InChI=1S/C23H31N3O2/c1-19-6-4-14-24(19)15-5-17-28-22-9-7-21(8-10-22)26-16-11-20(18-26)23(27)25-12-2-3-13-25/h7-11,16,18-19H,2-6,12-15,17H2,1H3/t19-/m0/s1. The normalized spacial score (nSPS) is 20.0. The van der Waals surface area contributed by atoms with E-state index in [1.165, 1.54) is 19.4 Å². The first-order valence-corrected chi connectivity index (χ1v) is 10.7. The average molecular weight is 382 g/mol. The zero-order chi connectivity index (χ0) is 19.3. The largest absolute Gasteiger partial charge is 0.494 e. The Kier molecular flexibility index (Phi) is 6.01. The number of carbonyl (C=O) groups excluding carboxylic acids is 1. The molecular formula is C23H31N3O2. The fourth-order valence-corrected chi connectivity index (χ4v) is 4.28. The van der Waals surface area contributed by atoms with Crippen molar-refractivity contribution in [2.75, 3.05) is 32.8 Å². The van der Waals surface area contributed by atoms with Crippen molar-refractivity contribution in [1.82, 2.24) is 14.4 Å². The van der Waals surface area contributed by atoms with Gasteiger partial charge in [-0.25, -0.2) is 0 Å². The molecule has 2 aliphatic heterocycles. The summed E-state index contributed by atoms with van der Waals surface area (Å²) in [5.41, 5.74) is 1.80. The highest BCUT2D eigenvalue weighted by molar-refractivity contribution is 5.94. The van der Waals surface area contributed by atoms with E-state index in [-0.39, 0.29) is 5.91 Å². The van der Waals surface area contributed by atoms with E-state index >= 15 is 0 Å². The summed E-state index contributed by atoms with van der Waals surface area (Å²) in [6.45, 7) is 7.18. The molecule has 5 heteroatoms. The molecule has 2 aliphatic rings. The van der Waals surface area contributed by atoms with Crippen LogP contribution in [-0.2, 0) is 0 Å². The monoisotopic (exact) mass is 381 g/mol. The number of carbonyl (C=O) groups is 1. The van der Waals surface area contributed by atoms with E-state index in [0.717, 1.165) is 68.5 Å². The minimum absolute atomic E-state index is 0.142. The van der Waals surface area contributed by atoms with Crippen LogP contribution in [-0.4, -0.2) is 59.1 Å². The van der Waals surface area contributed by atoms with E-state index in [9.17, 15) is 4.79 Å². The van der Waals surface area contributed by atoms with Crippen LogP contribution in [0.25, 0.3) is 5.69 Å². The van der Waals surface area contributed by atoms with Gasteiger partial charge in [-0.3, -0.25) is 4.79 Å². The molecule has 0 spiro atoms. The number of likely N-dealkylation sites (tertiary alicyclic amines) is 2. The van der Waals surface area contributed by atoms with Gasteiger partial charge in [0, 0.05) is 43.8 Å². The Morgan fingerprint density at radius 1 is 1.07 bits per heavy atom. The SMILES string of the molecule is C[C@H]1CCCN1CCCOc1ccc(-n2ccc(C(=O)N3CCCC3)c2)cc1. The van der Waals surface area contributed by atoms with E-state index in [1.54, 1.807) is 0 Å². The Labute approximate surface area is 167 Å². The highest BCUT2D eigenvalue weighted by Gasteiger charge is 2.20. The molecule has 1 aromatic carbocycles. The fraction of sp³-hybridized carbons (Fsp3) is 0.522. The molecule has 0 N–H and O–H groups in total. The highest BCUT2D eigenvalue weighted by atomic mass is 16.5. The molecule has 2 aromatic rings. The maximum absolute atomic E-state index is 12.5. The number of nitrogens with zero attached hydrogens (tertiary/aromatic N) is 3. The minimum atomic E-state index is 0.142. The first-order chi connectivity index (χ1) is 13.7. The van der Waals surface area contributed by atoms with Crippen molar-refractivity contribution in [3.8, 4) is 11.4 Å². The van der Waals surface area contributed by atoms with Gasteiger partial charge in [-0.2, -0.15) is 0 Å². The number of aromatic nitrogens is 1. The van der Waals surface area contributed by atoms with E-state index < -0.39 is 0 Å². The van der Waals surface area contributed by atoms with E-state index in [4.69, 9.17) is 4.74 Å². The molecule has 0 bridgehead atoms. The minimum Gasteiger partial charge on any atom is -0.494 e. The molecule has 1 atom stereocenters. The molecule has 5 nitrogen and oxygen atoms in total. The van der Waals surface area contributed by atoms with Gasteiger partial charge in [-0.15, -0.1) is 0 Å². The summed E-state index contributed by atoms with van der Waals surface area (Å²) in [6, 6.07) is 10.7. The molecule has 28 heavy (non-hydrogen) atoms. The van der Waals surface area contributed by atoms with Gasteiger partial charge in [0.25, 0.3) is 5.91 Å². The molecule has 1 amide bonds. The average Bonchev–Trinajstić information content (AvgIpc) is 3.47. The molecule has 0 radical (unpaired) electrons. The summed E-state index contributed by atoms with van der Waals surface area (Å²) in [5, 5.41) is 0. The lowest BCUT2D eigenvalue weighted by molar-refractivity contribution is 0.0793. The van der Waals surface area contributed by atoms with Crippen LogP contribution in [0.15, 0.2) is 42.7 Å². The van der Waals surface area contributed by atoms with E-state index in [2.05, 4.69) is 11.8 Å². The van der Waals surface area contributed by atoms with E-state index in [1.807, 2.05) is 52.2 Å². The Morgan fingerprint density at radius 3 is 2.57 bits per heavy atom. The lowest BCUT2D eigenvalue weighted by Crippen LogP contribution is -2.28. The third kappa shape index (κ3) is 4.41. The predicted molar refractivity (Wildman–Crippen MR) is 111 cm³/mol. The Bertz CT molecular complexity index is 777. The summed E-state index contributed by atoms with van der Waals surface area (Å²) < 4.78 is 7.91. The van der Waals surface area contributed by atoms with Crippen LogP contribution in [0.5, 0.6) is 5.75 Å². The van der Waals surface area contributed by atoms with Crippen LogP contribution >= 0.6 is 0 Å². The second kappa shape index (κ2) is 8.82. The van der Waals surface area contributed by atoms with Crippen molar-refractivity contribution in [3.05, 3.63) is 48.3 Å². The van der Waals surface area contributed by atoms with Gasteiger partial charge >= 0.3 is 0 Å². The number of amides is 1. The van der Waals surface area contributed by atoms with Gasteiger partial charge in [-0.1, -0.05) is 0 Å². The van der Waals surface area contributed by atoms with Crippen molar-refractivity contribution >= 4 is 5.91 Å². The van der Waals surface area contributed by atoms with Crippen LogP contribution in [0.1, 0.15) is 49.4 Å². The van der Waals surface area contributed by atoms with Crippen LogP contribution in [0, 0.1) is 0 Å². The molecule has 1 aromatic heterocycles. The fourth-order valence-electron chi connectivity index (χ4n) is 4.28. The number of hydrogen-bond acceptors (Lipinski definition) is 3. The summed E-state index contributed by atoms with van der Waals surface area (Å²) in [5.74, 6) is 1.04. The molecule has 3 heterocycles. The molecule has 4 rings (SSSR count). The van der Waals surface area contributed by atoms with Crippen molar-refractivity contribution in [2.45, 2.75) is 45.1 Å². The van der Waals surface area contributed by atoms with Gasteiger partial charge in [0.2, 0.25) is 0 Å². The lowest BCUT2D eigenvalue weighted by atomic mass is 10.2. The first-order valence-electron chi connectivity index (χ1n) is 10.7. The summed E-state index contributed by atoms with van der Waals surface area (Å²) in [7, 11) is 0. The third-order valence-electron chi connectivity index (χ3n) is 6.02. The number of rotatable bonds is 7. The highest BCUT2D eigenvalue weighted by Crippen LogP contribution is 2.19. The number of ether oxygens (including phenoxy) is 1. The first kappa shape index (κ1) is 19.1. The van der Waals surface area contributed by atoms with Gasteiger partial charge in [-0.05, 0) is 75.9 Å². The summed E-state index contributed by atoms with van der Waals surface area (Å²) in [6.07, 6.45) is 9.83. The van der Waals surface area contributed by atoms with Gasteiger partial charge in [0.15, 0.2) is 0 Å². The predicted octanol–water partition coefficient (Wildman–Crippen LogP) is 3.97. The van der Waals surface area contributed by atoms with Crippen molar-refractivity contribution in [1.29, 1.82) is 0 Å². The van der Waals surface area contributed by atoms with Gasteiger partial charge in [0.05, 0.1) is 12.2 Å². The second-order valence-corrected chi connectivity index (χ2v) is 8.03. The zero-order valence-electron chi connectivity index (χ0n) is 16.8. The summed E-state index contributed by atoms with van der Waals surface area (Å²) in [4.78, 5) is 17.0. The molecule has 0 unspecified atom stereocenters. The maximum atomic E-state index is 12.5. The molecule has 150 valence electrons. The van der Waals surface area contributed by atoms with Crippen LogP contribution in [0.3, 0.4) is 0 Å². The maximum Gasteiger partial charge on any atom is 0.255 e. The summed E-state index contributed by atoms with van der Waals surface area (Å²) >= 11 is 0. The topological polar surface area (TPSA) is 37.7 Å². The van der Waals surface area contributed by atoms with Gasteiger partial charge in [0.1, 0.15) is 5.75 Å². The lowest BCUT2D eigenvalue weighted by Gasteiger charge is -2.20. The van der Waals surface area contributed by atoms with Crippen molar-refractivity contribution < 1.29 is 9.53 Å². The van der Waals surface area contributed by atoms with Crippen molar-refractivity contribution in [2.24, 2.45) is 0 Å². The molecule has 2 saturated heterocycles. The number of benzene rings is 1. The molecule has 2 fully saturated rings. The molecule has 0 aliphatic carbocycles. The number of hydrogen-bond donors (Lipinski definition) is 0. The van der Waals surface area contributed by atoms with Crippen LogP contribution in [0.4, 0.5) is 0 Å². The van der Waals surface area contributed by atoms with Crippen LogP contribution < -0.4 is 4.74 Å². The van der Waals surface area contributed by atoms with Crippen LogP contribution in [0.2, 0.25) is 0 Å². The second-order valence-electron chi connectivity index (χ2n) is 8.03. The smallest absolute Gasteiger partial charge is 0.255 e. The Hall–Kier alpha value is -2.27. The van der Waals surface area contributed by atoms with Crippen molar-refractivity contribution in [3.63, 3.8) is 0 Å². The van der Waals surface area contributed by atoms with Gasteiger partial charge < -0.3 is 19.1 Å². The third-order valence-corrected chi connectivity index (χ3v) is 6.02.